The molecule has 116 valence electrons. The fourth-order valence-corrected chi connectivity index (χ4v) is 3.69. The Kier molecular flexibility index (Phi) is 15.0. The van der Waals surface area contributed by atoms with Crippen molar-refractivity contribution in [3.05, 3.63) is 45.9 Å². The molecule has 0 aromatic heterocycles. The van der Waals surface area contributed by atoms with E-state index in [1.807, 2.05) is 12.1 Å². The number of benzene rings is 1. The average molecular weight is 378 g/mol. The first-order valence-electron chi connectivity index (χ1n) is 6.66. The third kappa shape index (κ3) is 11.6. The SMILES string of the molecule is CC1=Cc2[c-]cccc2C1.C[SiH](C)[N-]C(C)(C)C.[Cl-].[Cl-].[Ti+4]. The van der Waals surface area contributed by atoms with E-state index in [0.717, 1.165) is 6.42 Å². The van der Waals surface area contributed by atoms with E-state index in [2.05, 4.69) is 64.0 Å². The quantitative estimate of drug-likeness (QED) is 0.422. The first-order valence-corrected chi connectivity index (χ1v) is 9.49. The smallest absolute Gasteiger partial charge is 1.00 e. The van der Waals surface area contributed by atoms with Gasteiger partial charge in [-0.05, 0) is 6.42 Å². The zero-order valence-electron chi connectivity index (χ0n) is 13.8. The minimum absolute atomic E-state index is 0. The topological polar surface area (TPSA) is 14.1 Å². The molecule has 0 saturated heterocycles. The Labute approximate surface area is 159 Å². The number of hydrogen-bond donors (Lipinski definition) is 0. The van der Waals surface area contributed by atoms with Gasteiger partial charge < -0.3 is 29.8 Å². The monoisotopic (exact) mass is 377 g/mol. The molecule has 0 fully saturated rings. The van der Waals surface area contributed by atoms with Crippen LogP contribution in [-0.2, 0) is 28.1 Å². The molecule has 5 heteroatoms. The summed E-state index contributed by atoms with van der Waals surface area (Å²) in [5.74, 6) is 0. The van der Waals surface area contributed by atoms with Gasteiger partial charge in [-0.25, -0.2) is 0 Å². The van der Waals surface area contributed by atoms with Crippen LogP contribution in [0, 0.1) is 6.07 Å². The molecular weight excluding hydrogens is 353 g/mol. The van der Waals surface area contributed by atoms with Crippen LogP contribution in [0.25, 0.3) is 11.1 Å². The number of fused-ring (bicyclic) bond motifs is 1. The van der Waals surface area contributed by atoms with E-state index >= 15 is 0 Å². The van der Waals surface area contributed by atoms with E-state index in [1.54, 1.807) is 0 Å². The summed E-state index contributed by atoms with van der Waals surface area (Å²) in [5, 5.41) is 0. The molecule has 0 N–H and O–H groups in total. The molecule has 1 aromatic carbocycles. The Bertz CT molecular complexity index is 429. The van der Waals surface area contributed by atoms with Crippen molar-refractivity contribution in [2.45, 2.75) is 52.7 Å². The van der Waals surface area contributed by atoms with Gasteiger partial charge in [0.2, 0.25) is 0 Å². The predicted octanol–water partition coefficient (Wildman–Crippen LogP) is -1.41. The molecule has 0 atom stereocenters. The Morgan fingerprint density at radius 1 is 1.19 bits per heavy atom. The molecular formula is C16H25Cl2NSiTi. The molecule has 0 bridgehead atoms. The number of rotatable bonds is 1. The van der Waals surface area contributed by atoms with Crippen LogP contribution in [0.3, 0.4) is 0 Å². The Morgan fingerprint density at radius 2 is 1.76 bits per heavy atom. The second-order valence-electron chi connectivity index (χ2n) is 6.17. The number of allylic oxidation sites excluding steroid dienone is 1. The van der Waals surface area contributed by atoms with Gasteiger partial charge in [0.25, 0.3) is 0 Å². The van der Waals surface area contributed by atoms with Crippen LogP contribution in [0.1, 0.15) is 38.8 Å². The molecule has 1 aliphatic rings. The van der Waals surface area contributed by atoms with E-state index in [-0.39, 0.29) is 52.1 Å². The summed E-state index contributed by atoms with van der Waals surface area (Å²) in [6, 6.07) is 9.38. The van der Waals surface area contributed by atoms with E-state index in [0.29, 0.717) is 0 Å². The van der Waals surface area contributed by atoms with Crippen molar-refractivity contribution in [2.75, 3.05) is 0 Å². The van der Waals surface area contributed by atoms with Crippen molar-refractivity contribution < 1.29 is 46.5 Å². The van der Waals surface area contributed by atoms with Crippen molar-refractivity contribution in [1.29, 1.82) is 0 Å². The largest absolute Gasteiger partial charge is 4.00 e. The van der Waals surface area contributed by atoms with Gasteiger partial charge in [0.05, 0.1) is 0 Å². The molecule has 0 saturated carbocycles. The van der Waals surface area contributed by atoms with Crippen LogP contribution in [0.15, 0.2) is 23.8 Å². The normalized spacial score (nSPS) is 11.9. The number of hydrogen-bond acceptors (Lipinski definition) is 0. The first-order chi connectivity index (χ1) is 8.28. The van der Waals surface area contributed by atoms with Crippen molar-refractivity contribution in [2.24, 2.45) is 0 Å². The van der Waals surface area contributed by atoms with Gasteiger partial charge in [-0.1, -0.05) is 49.7 Å². The summed E-state index contributed by atoms with van der Waals surface area (Å²) >= 11 is 0. The van der Waals surface area contributed by atoms with Gasteiger partial charge in [0.15, 0.2) is 0 Å². The molecule has 1 aliphatic carbocycles. The molecule has 1 nitrogen and oxygen atoms in total. The number of halogens is 2. The van der Waals surface area contributed by atoms with Gasteiger partial charge in [0.1, 0.15) is 0 Å². The van der Waals surface area contributed by atoms with Crippen molar-refractivity contribution in [3.8, 4) is 0 Å². The van der Waals surface area contributed by atoms with Crippen molar-refractivity contribution in [1.82, 2.24) is 0 Å². The van der Waals surface area contributed by atoms with Crippen molar-refractivity contribution >= 4 is 15.0 Å². The zero-order chi connectivity index (χ0) is 13.8. The third-order valence-electron chi connectivity index (χ3n) is 2.48. The van der Waals surface area contributed by atoms with E-state index in [4.69, 9.17) is 0 Å². The summed E-state index contributed by atoms with van der Waals surface area (Å²) in [5.41, 5.74) is 4.35. The molecule has 0 spiro atoms. The third-order valence-corrected chi connectivity index (χ3v) is 3.77. The summed E-state index contributed by atoms with van der Waals surface area (Å²) in [7, 11) is -0.671. The molecule has 0 amide bonds. The molecule has 0 heterocycles. The summed E-state index contributed by atoms with van der Waals surface area (Å²) in [6.07, 6.45) is 3.32. The second-order valence-corrected chi connectivity index (χ2v) is 8.62. The van der Waals surface area contributed by atoms with Crippen molar-refractivity contribution in [3.63, 3.8) is 0 Å². The maximum absolute atomic E-state index is 4.55. The molecule has 21 heavy (non-hydrogen) atoms. The molecule has 0 aliphatic heterocycles. The maximum atomic E-state index is 4.55. The summed E-state index contributed by atoms with van der Waals surface area (Å²) in [6.45, 7) is 13.1. The fourth-order valence-electron chi connectivity index (χ4n) is 2.15. The second kappa shape index (κ2) is 11.9. The predicted molar refractivity (Wildman–Crippen MR) is 84.6 cm³/mol. The standard InChI is InChI=1S/C10H9.C6H16NSi.2ClH.Ti/c1-8-6-9-4-2-3-5-10(9)7-8;1-6(2,3)7-8(4)5;;;/h2-4,7H,6H2,1H3;8H,1-5H3;2*1H;/q2*-1;;;+4/p-2. The Hall–Kier alpha value is 0.431. The average Bonchev–Trinajstić information content (AvgIpc) is 2.54. The van der Waals surface area contributed by atoms with Gasteiger partial charge in [-0.3, -0.25) is 0 Å². The van der Waals surface area contributed by atoms with Crippen LogP contribution >= 0.6 is 0 Å². The van der Waals surface area contributed by atoms with Crippen LogP contribution in [-0.4, -0.2) is 14.5 Å². The molecule has 0 unspecified atom stereocenters. The van der Waals surface area contributed by atoms with Crippen LogP contribution in [0.2, 0.25) is 13.1 Å². The summed E-state index contributed by atoms with van der Waals surface area (Å²) < 4.78 is 0. The van der Waals surface area contributed by atoms with Crippen LogP contribution in [0.5, 0.6) is 0 Å². The van der Waals surface area contributed by atoms with E-state index in [1.165, 1.54) is 16.7 Å². The van der Waals surface area contributed by atoms with E-state index in [9.17, 15) is 0 Å². The minimum atomic E-state index is -0.671. The van der Waals surface area contributed by atoms with Gasteiger partial charge in [-0.2, -0.15) is 0 Å². The fraction of sp³-hybridized carbons (Fsp3) is 0.500. The molecule has 1 aromatic rings. The van der Waals surface area contributed by atoms with Crippen LogP contribution in [0.4, 0.5) is 0 Å². The number of nitrogens with zero attached hydrogens (tertiary/aromatic N) is 1. The summed E-state index contributed by atoms with van der Waals surface area (Å²) in [4.78, 5) is 4.55. The van der Waals surface area contributed by atoms with Gasteiger partial charge in [0, 0.05) is 0 Å². The first kappa shape index (κ1) is 26.3. The minimum Gasteiger partial charge on any atom is -1.00 e. The maximum Gasteiger partial charge on any atom is 4.00 e. The van der Waals surface area contributed by atoms with Crippen LogP contribution < -0.4 is 24.8 Å². The molecule has 0 radical (unpaired) electrons. The molecule has 2 rings (SSSR count). The van der Waals surface area contributed by atoms with E-state index < -0.39 is 8.96 Å². The zero-order valence-corrected chi connectivity index (χ0v) is 18.0. The Morgan fingerprint density at radius 3 is 2.14 bits per heavy atom. The Balaban J connectivity index is -0.000000277. The van der Waals surface area contributed by atoms with Gasteiger partial charge >= 0.3 is 21.7 Å². The van der Waals surface area contributed by atoms with Gasteiger partial charge in [-0.15, -0.1) is 52.6 Å².